The first-order chi connectivity index (χ1) is 9.16. The fourth-order valence-corrected chi connectivity index (χ4v) is 2.80. The number of nitrogens with zero attached hydrogens (tertiary/aromatic N) is 1. The van der Waals surface area contributed by atoms with Gasteiger partial charge in [0.25, 0.3) is 0 Å². The van der Waals surface area contributed by atoms with Crippen LogP contribution in [0, 0.1) is 5.92 Å². The van der Waals surface area contributed by atoms with Gasteiger partial charge in [-0.25, -0.2) is 0 Å². The van der Waals surface area contributed by atoms with Crippen molar-refractivity contribution >= 4 is 5.69 Å². The summed E-state index contributed by atoms with van der Waals surface area (Å²) in [4.78, 5) is 2.41. The van der Waals surface area contributed by atoms with Gasteiger partial charge in [-0.15, -0.1) is 0 Å². The second-order valence-electron chi connectivity index (χ2n) is 5.70. The molecule has 0 amide bonds. The fourth-order valence-electron chi connectivity index (χ4n) is 2.80. The first-order valence-electron chi connectivity index (χ1n) is 7.17. The molecule has 1 unspecified atom stereocenters. The van der Waals surface area contributed by atoms with Gasteiger partial charge in [-0.3, -0.25) is 4.90 Å². The summed E-state index contributed by atoms with van der Waals surface area (Å²) in [6.07, 6.45) is 1.99. The topological polar surface area (TPSA) is 35.5 Å². The van der Waals surface area contributed by atoms with E-state index in [4.69, 9.17) is 0 Å². The first kappa shape index (κ1) is 14.4. The van der Waals surface area contributed by atoms with E-state index in [2.05, 4.69) is 24.1 Å². The van der Waals surface area contributed by atoms with Gasteiger partial charge in [-0.2, -0.15) is 0 Å². The van der Waals surface area contributed by atoms with Crippen molar-refractivity contribution < 1.29 is 5.11 Å². The minimum absolute atomic E-state index is 0.297. The maximum absolute atomic E-state index is 10.4. The summed E-state index contributed by atoms with van der Waals surface area (Å²) in [6.45, 7) is 7.05. The molecule has 0 aromatic heterocycles. The molecule has 1 aromatic rings. The van der Waals surface area contributed by atoms with Crippen LogP contribution in [0.5, 0.6) is 0 Å². The van der Waals surface area contributed by atoms with E-state index in [1.807, 2.05) is 30.3 Å². The van der Waals surface area contributed by atoms with Crippen molar-refractivity contribution in [2.75, 3.05) is 25.0 Å². The van der Waals surface area contributed by atoms with E-state index >= 15 is 0 Å². The molecule has 1 radical (unpaired) electrons. The molecule has 105 valence electrons. The Balaban J connectivity index is 1.83. The zero-order chi connectivity index (χ0) is 13.7. The van der Waals surface area contributed by atoms with Crippen molar-refractivity contribution in [2.45, 2.75) is 38.8 Å². The lowest BCUT2D eigenvalue weighted by atomic mass is 10.1. The normalized spacial score (nSPS) is 21.8. The predicted octanol–water partition coefficient (Wildman–Crippen LogP) is 2.54. The largest absolute Gasteiger partial charge is 0.390 e. The smallest absolute Gasteiger partial charge is 0.0867 e. The van der Waals surface area contributed by atoms with Crippen molar-refractivity contribution in [3.8, 4) is 0 Å². The third-order valence-corrected chi connectivity index (χ3v) is 3.67. The van der Waals surface area contributed by atoms with Gasteiger partial charge in [0.1, 0.15) is 0 Å². The molecule has 2 N–H and O–H groups in total. The summed E-state index contributed by atoms with van der Waals surface area (Å²) >= 11 is 0. The highest BCUT2D eigenvalue weighted by atomic mass is 16.3. The van der Waals surface area contributed by atoms with Crippen molar-refractivity contribution in [1.82, 2.24) is 4.90 Å². The van der Waals surface area contributed by atoms with E-state index in [9.17, 15) is 5.11 Å². The molecule has 2 atom stereocenters. The number of benzene rings is 1. The van der Waals surface area contributed by atoms with Crippen LogP contribution in [0.1, 0.15) is 26.7 Å². The molecule has 0 spiro atoms. The Bertz CT molecular complexity index is 366. The third kappa shape index (κ3) is 4.22. The van der Waals surface area contributed by atoms with Gasteiger partial charge in [-0.05, 0) is 37.4 Å². The second-order valence-corrected chi connectivity index (χ2v) is 5.70. The number of hydrogen-bond donors (Lipinski definition) is 2. The summed E-state index contributed by atoms with van der Waals surface area (Å²) in [5, 5.41) is 13.7. The van der Waals surface area contributed by atoms with Gasteiger partial charge in [0.15, 0.2) is 0 Å². The lowest BCUT2D eigenvalue weighted by molar-refractivity contribution is 0.0847. The van der Waals surface area contributed by atoms with E-state index in [0.717, 1.165) is 25.2 Å². The molecule has 1 aliphatic heterocycles. The van der Waals surface area contributed by atoms with Gasteiger partial charge in [0.05, 0.1) is 6.10 Å². The molecule has 19 heavy (non-hydrogen) atoms. The molecule has 3 nitrogen and oxygen atoms in total. The minimum atomic E-state index is -0.304. The van der Waals surface area contributed by atoms with Gasteiger partial charge in [0, 0.05) is 24.8 Å². The Kier molecular flexibility index (Phi) is 5.23. The molecular formula is C16H25N2O. The molecular weight excluding hydrogens is 236 g/mol. The molecule has 0 saturated carbocycles. The Morgan fingerprint density at radius 2 is 2.11 bits per heavy atom. The van der Waals surface area contributed by atoms with Crippen LogP contribution < -0.4 is 5.32 Å². The molecule has 1 aliphatic rings. The van der Waals surface area contributed by atoms with Crippen LogP contribution >= 0.6 is 0 Å². The van der Waals surface area contributed by atoms with E-state index in [1.165, 1.54) is 12.3 Å². The Morgan fingerprint density at radius 3 is 2.79 bits per heavy atom. The van der Waals surface area contributed by atoms with E-state index < -0.39 is 0 Å². The summed E-state index contributed by atoms with van der Waals surface area (Å²) in [5.74, 6) is 1.41. The third-order valence-electron chi connectivity index (χ3n) is 3.67. The first-order valence-corrected chi connectivity index (χ1v) is 7.17. The quantitative estimate of drug-likeness (QED) is 0.826. The number of likely N-dealkylation sites (tertiary alicyclic amines) is 1. The molecule has 0 bridgehead atoms. The van der Waals surface area contributed by atoms with Crippen LogP contribution in [0.4, 0.5) is 5.69 Å². The average molecular weight is 261 g/mol. The maximum Gasteiger partial charge on any atom is 0.0867 e. The monoisotopic (exact) mass is 261 g/mol. The zero-order valence-corrected chi connectivity index (χ0v) is 12.0. The number of anilines is 1. The molecule has 1 saturated heterocycles. The molecule has 1 heterocycles. The Morgan fingerprint density at radius 1 is 1.37 bits per heavy atom. The Hall–Kier alpha value is -1.06. The van der Waals surface area contributed by atoms with Gasteiger partial charge >= 0.3 is 0 Å². The molecule has 2 rings (SSSR count). The summed E-state index contributed by atoms with van der Waals surface area (Å²) < 4.78 is 0. The van der Waals surface area contributed by atoms with Crippen LogP contribution in [0.3, 0.4) is 0 Å². The highest BCUT2D eigenvalue weighted by Gasteiger charge is 2.30. The van der Waals surface area contributed by atoms with Crippen LogP contribution in [0.15, 0.2) is 30.3 Å². The number of aliphatic hydroxyl groups is 1. The van der Waals surface area contributed by atoms with Crippen molar-refractivity contribution in [3.05, 3.63) is 36.2 Å². The van der Waals surface area contributed by atoms with Gasteiger partial charge in [0.2, 0.25) is 0 Å². The van der Waals surface area contributed by atoms with E-state index in [-0.39, 0.29) is 6.10 Å². The molecule has 0 aliphatic carbocycles. The summed E-state index contributed by atoms with van der Waals surface area (Å²) in [5.41, 5.74) is 1.07. The number of para-hydroxylation sites is 1. The number of aliphatic hydroxyl groups excluding tert-OH is 1. The number of nitrogens with one attached hydrogen (secondary N) is 1. The highest BCUT2D eigenvalue weighted by Crippen LogP contribution is 2.22. The van der Waals surface area contributed by atoms with E-state index in [0.29, 0.717) is 12.6 Å². The standard InChI is InChI=1S/C16H25N2O/c1-13(2)12-18-10-6-9-15(18)16(19)11-17-14-7-4-3-5-8-14/h3-5,7-8,15-17,19H,6,9-12H2,1-2H3/t15-,16?/m1/s1. The zero-order valence-electron chi connectivity index (χ0n) is 12.0. The highest BCUT2D eigenvalue weighted by molar-refractivity contribution is 5.42. The van der Waals surface area contributed by atoms with Crippen molar-refractivity contribution in [2.24, 2.45) is 0 Å². The van der Waals surface area contributed by atoms with Crippen LogP contribution in [0.25, 0.3) is 0 Å². The lowest BCUT2D eigenvalue weighted by Crippen LogP contribution is -2.43. The fraction of sp³-hybridized carbons (Fsp3) is 0.562. The lowest BCUT2D eigenvalue weighted by Gasteiger charge is -2.30. The molecule has 1 fully saturated rings. The van der Waals surface area contributed by atoms with E-state index in [1.54, 1.807) is 0 Å². The SMILES string of the molecule is C[C](C)CN1CCC[C@@H]1C(O)CNc1ccccc1. The molecule has 1 aromatic carbocycles. The van der Waals surface area contributed by atoms with Gasteiger partial charge in [-0.1, -0.05) is 32.0 Å². The van der Waals surface area contributed by atoms with Gasteiger partial charge < -0.3 is 10.4 Å². The summed E-state index contributed by atoms with van der Waals surface area (Å²) in [6, 6.07) is 10.4. The molecule has 3 heteroatoms. The Labute approximate surface area is 116 Å². The van der Waals surface area contributed by atoms with Crippen LogP contribution in [-0.4, -0.2) is 41.8 Å². The van der Waals surface area contributed by atoms with Crippen LogP contribution in [-0.2, 0) is 0 Å². The van der Waals surface area contributed by atoms with Crippen molar-refractivity contribution in [1.29, 1.82) is 0 Å². The number of rotatable bonds is 6. The maximum atomic E-state index is 10.4. The van der Waals surface area contributed by atoms with Crippen molar-refractivity contribution in [3.63, 3.8) is 0 Å². The van der Waals surface area contributed by atoms with Crippen LogP contribution in [0.2, 0.25) is 0 Å². The predicted molar refractivity (Wildman–Crippen MR) is 80.1 cm³/mol. The minimum Gasteiger partial charge on any atom is -0.390 e. The second kappa shape index (κ2) is 6.92. The number of hydrogen-bond acceptors (Lipinski definition) is 3. The average Bonchev–Trinajstić information content (AvgIpc) is 2.84. The summed E-state index contributed by atoms with van der Waals surface area (Å²) in [7, 11) is 0.